The molecular weight excluding hydrogens is 246 g/mol. The summed E-state index contributed by atoms with van der Waals surface area (Å²) in [6, 6.07) is 8.02. The zero-order valence-corrected chi connectivity index (χ0v) is 11.6. The van der Waals surface area contributed by atoms with Gasteiger partial charge in [0.15, 0.2) is 6.29 Å². The van der Waals surface area contributed by atoms with Crippen LogP contribution < -0.4 is 0 Å². The van der Waals surface area contributed by atoms with E-state index in [-0.39, 0.29) is 0 Å². The van der Waals surface area contributed by atoms with Crippen LogP contribution in [-0.4, -0.2) is 10.9 Å². The van der Waals surface area contributed by atoms with Crippen molar-refractivity contribution >= 4 is 17.2 Å². The highest BCUT2D eigenvalue weighted by Gasteiger charge is 2.12. The van der Waals surface area contributed by atoms with Gasteiger partial charge in [0.25, 0.3) is 0 Å². The van der Waals surface area contributed by atoms with E-state index in [1.54, 1.807) is 0 Å². The number of para-hydroxylation sites is 1. The molecule has 1 aromatic carbocycles. The minimum absolute atomic E-state index is 0.662. The van der Waals surface area contributed by atoms with E-state index >= 15 is 0 Å². The predicted octanol–water partition coefficient (Wildman–Crippen LogP) is 3.84. The van der Waals surface area contributed by atoms with Crippen molar-refractivity contribution in [3.8, 4) is 11.8 Å². The van der Waals surface area contributed by atoms with Crippen molar-refractivity contribution in [2.45, 2.75) is 25.7 Å². The van der Waals surface area contributed by atoms with Gasteiger partial charge in [-0.05, 0) is 37.3 Å². The Morgan fingerprint density at radius 2 is 2.05 bits per heavy atom. The Morgan fingerprint density at radius 1 is 1.20 bits per heavy atom. The van der Waals surface area contributed by atoms with Gasteiger partial charge in [-0.15, -0.1) is 0 Å². The molecule has 1 aliphatic carbocycles. The second-order valence-electron chi connectivity index (χ2n) is 5.18. The summed E-state index contributed by atoms with van der Waals surface area (Å²) in [7, 11) is 1.91. The Kier molecular flexibility index (Phi) is 3.43. The average Bonchev–Trinajstić information content (AvgIpc) is 2.78. The predicted molar refractivity (Wildman–Crippen MR) is 81.7 cm³/mol. The normalized spacial score (nSPS) is 14.6. The fraction of sp³-hybridized carbons (Fsp3) is 0.278. The van der Waals surface area contributed by atoms with Crippen molar-refractivity contribution in [2.24, 2.45) is 7.05 Å². The van der Waals surface area contributed by atoms with Crippen molar-refractivity contribution < 1.29 is 4.79 Å². The summed E-state index contributed by atoms with van der Waals surface area (Å²) in [6.07, 6.45) is 7.80. The molecule has 0 aliphatic heterocycles. The molecule has 100 valence electrons. The van der Waals surface area contributed by atoms with Crippen molar-refractivity contribution in [2.75, 3.05) is 0 Å². The number of aldehydes is 1. The molecular formula is C18H17NO. The lowest BCUT2D eigenvalue weighted by Crippen LogP contribution is -1.95. The molecule has 0 fully saturated rings. The van der Waals surface area contributed by atoms with Crippen LogP contribution in [0.1, 0.15) is 41.7 Å². The highest BCUT2D eigenvalue weighted by atomic mass is 16.1. The fourth-order valence-corrected chi connectivity index (χ4v) is 2.78. The molecule has 0 spiro atoms. The van der Waals surface area contributed by atoms with Gasteiger partial charge in [0, 0.05) is 18.0 Å². The van der Waals surface area contributed by atoms with Gasteiger partial charge < -0.3 is 4.57 Å². The quantitative estimate of drug-likeness (QED) is 0.566. The molecule has 0 atom stereocenters. The van der Waals surface area contributed by atoms with Gasteiger partial charge in [-0.1, -0.05) is 36.1 Å². The Hall–Kier alpha value is -2.27. The Bertz CT molecular complexity index is 753. The highest BCUT2D eigenvalue weighted by molar-refractivity contribution is 5.96. The number of carbonyl (C=O) groups is 1. The summed E-state index contributed by atoms with van der Waals surface area (Å²) in [5, 5.41) is 1.06. The van der Waals surface area contributed by atoms with Crippen LogP contribution >= 0.6 is 0 Å². The molecule has 1 aromatic heterocycles. The molecule has 1 aliphatic rings. The number of carbonyl (C=O) groups excluding carboxylic acids is 1. The summed E-state index contributed by atoms with van der Waals surface area (Å²) >= 11 is 0. The van der Waals surface area contributed by atoms with Gasteiger partial charge in [-0.3, -0.25) is 4.79 Å². The maximum atomic E-state index is 11.4. The van der Waals surface area contributed by atoms with Gasteiger partial charge in [-0.2, -0.15) is 0 Å². The molecule has 0 unspecified atom stereocenters. The molecule has 0 radical (unpaired) electrons. The highest BCUT2D eigenvalue weighted by Crippen LogP contribution is 2.24. The van der Waals surface area contributed by atoms with E-state index in [0.29, 0.717) is 5.69 Å². The minimum atomic E-state index is 0.662. The third kappa shape index (κ3) is 2.16. The largest absolute Gasteiger partial charge is 0.340 e. The summed E-state index contributed by atoms with van der Waals surface area (Å²) in [5.74, 6) is 6.48. The first-order valence-corrected chi connectivity index (χ1v) is 7.05. The third-order valence-corrected chi connectivity index (χ3v) is 3.90. The van der Waals surface area contributed by atoms with Crippen LogP contribution in [0.4, 0.5) is 0 Å². The molecule has 2 aromatic rings. The van der Waals surface area contributed by atoms with Crippen LogP contribution in [0.15, 0.2) is 35.9 Å². The van der Waals surface area contributed by atoms with Crippen molar-refractivity contribution in [1.82, 2.24) is 4.57 Å². The first kappa shape index (κ1) is 12.7. The van der Waals surface area contributed by atoms with E-state index in [0.717, 1.165) is 35.6 Å². The van der Waals surface area contributed by atoms with E-state index in [2.05, 4.69) is 17.9 Å². The van der Waals surface area contributed by atoms with Crippen LogP contribution in [0, 0.1) is 11.8 Å². The zero-order chi connectivity index (χ0) is 13.9. The lowest BCUT2D eigenvalue weighted by Gasteiger charge is -2.05. The third-order valence-electron chi connectivity index (χ3n) is 3.90. The molecule has 0 N–H and O–H groups in total. The molecule has 3 rings (SSSR count). The number of allylic oxidation sites excluding steroid dienone is 2. The second kappa shape index (κ2) is 5.38. The molecule has 0 saturated heterocycles. The Morgan fingerprint density at radius 3 is 2.80 bits per heavy atom. The summed E-state index contributed by atoms with van der Waals surface area (Å²) in [4.78, 5) is 11.4. The van der Waals surface area contributed by atoms with Crippen molar-refractivity contribution in [1.29, 1.82) is 0 Å². The van der Waals surface area contributed by atoms with Crippen molar-refractivity contribution in [3.63, 3.8) is 0 Å². The first-order chi connectivity index (χ1) is 9.81. The summed E-state index contributed by atoms with van der Waals surface area (Å²) in [5.41, 5.74) is 3.78. The fourth-order valence-electron chi connectivity index (χ4n) is 2.78. The number of rotatable bonds is 1. The first-order valence-electron chi connectivity index (χ1n) is 7.05. The van der Waals surface area contributed by atoms with Gasteiger partial charge >= 0.3 is 0 Å². The van der Waals surface area contributed by atoms with Gasteiger partial charge in [0.1, 0.15) is 0 Å². The van der Waals surface area contributed by atoms with E-state index in [1.807, 2.05) is 35.9 Å². The zero-order valence-electron chi connectivity index (χ0n) is 11.6. The molecule has 0 amide bonds. The molecule has 20 heavy (non-hydrogen) atoms. The molecule has 0 saturated carbocycles. The van der Waals surface area contributed by atoms with E-state index in [9.17, 15) is 4.79 Å². The lowest BCUT2D eigenvalue weighted by atomic mass is 9.99. The van der Waals surface area contributed by atoms with E-state index < -0.39 is 0 Å². The monoisotopic (exact) mass is 263 g/mol. The standard InChI is InChI=1S/C18H17NO/c1-19-17-10-6-5-9-15(17)16(18(19)13-20)12-11-14-7-3-2-4-8-14/h5-7,9-10,13H,2-4,8H2,1H3. The van der Waals surface area contributed by atoms with Crippen LogP contribution in [0.25, 0.3) is 10.9 Å². The number of benzene rings is 1. The minimum Gasteiger partial charge on any atom is -0.340 e. The van der Waals surface area contributed by atoms with Gasteiger partial charge in [0.05, 0.1) is 11.3 Å². The Balaban J connectivity index is 2.13. The van der Waals surface area contributed by atoms with E-state index in [1.165, 1.54) is 18.4 Å². The smallest absolute Gasteiger partial charge is 0.167 e. The lowest BCUT2D eigenvalue weighted by molar-refractivity contribution is 0.111. The number of hydrogen-bond acceptors (Lipinski definition) is 1. The van der Waals surface area contributed by atoms with Gasteiger partial charge in [-0.25, -0.2) is 0 Å². The number of nitrogens with zero attached hydrogens (tertiary/aromatic N) is 1. The molecule has 1 heterocycles. The van der Waals surface area contributed by atoms with E-state index in [4.69, 9.17) is 0 Å². The van der Waals surface area contributed by atoms with Crippen LogP contribution in [-0.2, 0) is 7.05 Å². The number of aryl methyl sites for hydroxylation is 1. The van der Waals surface area contributed by atoms with Crippen molar-refractivity contribution in [3.05, 3.63) is 47.2 Å². The molecule has 0 bridgehead atoms. The molecule has 2 heteroatoms. The molecule has 2 nitrogen and oxygen atoms in total. The Labute approximate surface area is 119 Å². The van der Waals surface area contributed by atoms with Crippen LogP contribution in [0.2, 0.25) is 0 Å². The summed E-state index contributed by atoms with van der Waals surface area (Å²) in [6.45, 7) is 0. The number of hydrogen-bond donors (Lipinski definition) is 0. The second-order valence-corrected chi connectivity index (χ2v) is 5.18. The number of aromatic nitrogens is 1. The van der Waals surface area contributed by atoms with Crippen LogP contribution in [0.3, 0.4) is 0 Å². The number of fused-ring (bicyclic) bond motifs is 1. The topological polar surface area (TPSA) is 22.0 Å². The average molecular weight is 263 g/mol. The summed E-state index contributed by atoms with van der Waals surface area (Å²) < 4.78 is 1.92. The maximum absolute atomic E-state index is 11.4. The van der Waals surface area contributed by atoms with Crippen LogP contribution in [0.5, 0.6) is 0 Å². The maximum Gasteiger partial charge on any atom is 0.167 e. The van der Waals surface area contributed by atoms with Gasteiger partial charge in [0.2, 0.25) is 0 Å². The SMILES string of the molecule is Cn1c(C=O)c(C#CC2=CCCCC2)c2ccccc21.